The van der Waals surface area contributed by atoms with Gasteiger partial charge in [0.1, 0.15) is 5.82 Å². The van der Waals surface area contributed by atoms with Crippen molar-refractivity contribution in [2.24, 2.45) is 0 Å². The number of anilines is 1. The van der Waals surface area contributed by atoms with Crippen LogP contribution in [0.15, 0.2) is 18.2 Å². The number of aliphatic hydroxyl groups excluding tert-OH is 1. The number of nitrogens with zero attached hydrogens (tertiary/aromatic N) is 1. The Morgan fingerprint density at radius 1 is 1.36 bits per heavy atom. The lowest BCUT2D eigenvalue weighted by molar-refractivity contribution is -0.207. The highest BCUT2D eigenvalue weighted by atomic mass is 19.4. The highest BCUT2D eigenvalue weighted by Gasteiger charge is 2.40. The Balaban J connectivity index is 2.73. The zero-order chi connectivity index (χ0) is 17.1. The van der Waals surface area contributed by atoms with E-state index in [4.69, 9.17) is 5.11 Å². The van der Waals surface area contributed by atoms with Crippen LogP contribution in [0.2, 0.25) is 0 Å². The summed E-state index contributed by atoms with van der Waals surface area (Å²) in [6.07, 6.45) is -7.68. The molecule has 0 bridgehead atoms. The lowest BCUT2D eigenvalue weighted by Crippen LogP contribution is -2.45. The molecular formula is C13H14F4N2O3. The number of rotatable bonds is 3. The number of carbonyl (C=O) groups excluding carboxylic acids is 2. The first-order valence-electron chi connectivity index (χ1n) is 6.10. The summed E-state index contributed by atoms with van der Waals surface area (Å²) in [4.78, 5) is 23.6. The van der Waals surface area contributed by atoms with Gasteiger partial charge in [0.2, 0.25) is 0 Å². The van der Waals surface area contributed by atoms with Gasteiger partial charge in [-0.15, -0.1) is 0 Å². The van der Waals surface area contributed by atoms with Crippen LogP contribution in [0.4, 0.5) is 23.2 Å². The van der Waals surface area contributed by atoms with Crippen LogP contribution in [0, 0.1) is 12.7 Å². The van der Waals surface area contributed by atoms with Crippen LogP contribution in [-0.2, 0) is 9.59 Å². The molecule has 0 aliphatic carbocycles. The topological polar surface area (TPSA) is 69.6 Å². The van der Waals surface area contributed by atoms with Crippen LogP contribution in [-0.4, -0.2) is 47.7 Å². The zero-order valence-electron chi connectivity index (χ0n) is 11.7. The van der Waals surface area contributed by atoms with Crippen LogP contribution < -0.4 is 5.32 Å². The number of benzene rings is 1. The minimum atomic E-state index is -4.91. The highest BCUT2D eigenvalue weighted by Crippen LogP contribution is 2.21. The molecule has 1 atom stereocenters. The highest BCUT2D eigenvalue weighted by molar-refractivity contribution is 6.39. The number of alkyl halides is 3. The average molecular weight is 322 g/mol. The molecule has 2 N–H and O–H groups in total. The first-order valence-corrected chi connectivity index (χ1v) is 6.10. The van der Waals surface area contributed by atoms with Crippen molar-refractivity contribution in [1.29, 1.82) is 0 Å². The quantitative estimate of drug-likeness (QED) is 0.654. The number of aliphatic hydroxyl groups is 1. The standard InChI is InChI=1S/C13H14F4N2O3/c1-7-4-3-5-8(10(7)14)18-11(21)12(22)19(2)6-9(20)13(15,16)17/h3-5,9,20H,6H2,1-2H3,(H,18,21)/t9-/m0/s1. The van der Waals surface area contributed by atoms with Crippen molar-refractivity contribution in [3.05, 3.63) is 29.6 Å². The minimum absolute atomic E-state index is 0.228. The van der Waals surface area contributed by atoms with Gasteiger partial charge in [-0.1, -0.05) is 12.1 Å². The van der Waals surface area contributed by atoms with Gasteiger partial charge in [0.15, 0.2) is 6.10 Å². The van der Waals surface area contributed by atoms with Gasteiger partial charge in [0, 0.05) is 7.05 Å². The van der Waals surface area contributed by atoms with E-state index in [0.717, 1.165) is 7.05 Å². The Morgan fingerprint density at radius 3 is 2.50 bits per heavy atom. The lowest BCUT2D eigenvalue weighted by Gasteiger charge is -2.22. The first-order chi connectivity index (χ1) is 10.0. The Bertz CT molecular complexity index is 575. The van der Waals surface area contributed by atoms with Crippen molar-refractivity contribution in [1.82, 2.24) is 4.90 Å². The van der Waals surface area contributed by atoms with E-state index in [1.807, 2.05) is 5.32 Å². The Morgan fingerprint density at radius 2 is 1.95 bits per heavy atom. The largest absolute Gasteiger partial charge is 0.416 e. The summed E-state index contributed by atoms with van der Waals surface area (Å²) in [5, 5.41) is 10.8. The van der Waals surface area contributed by atoms with Gasteiger partial charge in [-0.05, 0) is 18.6 Å². The molecule has 0 radical (unpaired) electrons. The molecule has 0 aliphatic rings. The predicted octanol–water partition coefficient (Wildman–Crippen LogP) is 1.45. The molecule has 0 saturated carbocycles. The summed E-state index contributed by atoms with van der Waals surface area (Å²) in [6.45, 7) is 0.338. The Labute approximate surface area is 123 Å². The van der Waals surface area contributed by atoms with Gasteiger partial charge < -0.3 is 15.3 Å². The maximum absolute atomic E-state index is 13.7. The van der Waals surface area contributed by atoms with E-state index in [1.165, 1.54) is 25.1 Å². The van der Waals surface area contributed by atoms with Gasteiger partial charge in [0.05, 0.1) is 12.2 Å². The molecule has 0 aliphatic heterocycles. The number of hydrogen-bond donors (Lipinski definition) is 2. The van der Waals surface area contributed by atoms with Gasteiger partial charge >= 0.3 is 18.0 Å². The number of amides is 2. The maximum Gasteiger partial charge on any atom is 0.416 e. The van der Waals surface area contributed by atoms with Crippen LogP contribution in [0.1, 0.15) is 5.56 Å². The normalized spacial score (nSPS) is 12.7. The lowest BCUT2D eigenvalue weighted by atomic mass is 10.2. The van der Waals surface area contributed by atoms with Crippen LogP contribution in [0.5, 0.6) is 0 Å². The Kier molecular flexibility index (Phi) is 5.48. The fourth-order valence-corrected chi connectivity index (χ4v) is 1.54. The molecule has 2 amide bonds. The molecular weight excluding hydrogens is 308 g/mol. The van der Waals surface area contributed by atoms with Crippen molar-refractivity contribution in [3.63, 3.8) is 0 Å². The summed E-state index contributed by atoms with van der Waals surface area (Å²) in [6, 6.07) is 4.09. The molecule has 0 spiro atoms. The van der Waals surface area contributed by atoms with Gasteiger partial charge in [-0.3, -0.25) is 9.59 Å². The van der Waals surface area contributed by atoms with E-state index in [0.29, 0.717) is 4.90 Å². The van der Waals surface area contributed by atoms with Gasteiger partial charge in [-0.2, -0.15) is 13.2 Å². The molecule has 0 aromatic heterocycles. The number of hydrogen-bond acceptors (Lipinski definition) is 3. The Hall–Kier alpha value is -2.16. The molecule has 0 saturated heterocycles. The number of halogens is 4. The molecule has 0 fully saturated rings. The number of nitrogens with one attached hydrogen (secondary N) is 1. The van der Waals surface area contributed by atoms with Crippen molar-refractivity contribution >= 4 is 17.5 Å². The minimum Gasteiger partial charge on any atom is -0.382 e. The molecule has 122 valence electrons. The average Bonchev–Trinajstić information content (AvgIpc) is 2.41. The third kappa shape index (κ3) is 4.42. The molecule has 1 aromatic rings. The summed E-state index contributed by atoms with van der Waals surface area (Å²) in [5.74, 6) is -3.38. The van der Waals surface area contributed by atoms with Gasteiger partial charge in [-0.25, -0.2) is 4.39 Å². The number of likely N-dealkylation sites (N-methyl/N-ethyl adjacent to an activating group) is 1. The number of aryl methyl sites for hydroxylation is 1. The molecule has 9 heteroatoms. The molecule has 0 heterocycles. The maximum atomic E-state index is 13.7. The monoisotopic (exact) mass is 322 g/mol. The van der Waals surface area contributed by atoms with E-state index < -0.39 is 36.5 Å². The summed E-state index contributed by atoms with van der Waals surface area (Å²) < 4.78 is 50.2. The second kappa shape index (κ2) is 6.73. The fourth-order valence-electron chi connectivity index (χ4n) is 1.54. The first kappa shape index (κ1) is 17.9. The third-order valence-corrected chi connectivity index (χ3v) is 2.81. The fraction of sp³-hybridized carbons (Fsp3) is 0.385. The molecule has 22 heavy (non-hydrogen) atoms. The van der Waals surface area contributed by atoms with E-state index in [2.05, 4.69) is 0 Å². The van der Waals surface area contributed by atoms with Crippen molar-refractivity contribution in [2.45, 2.75) is 19.2 Å². The van der Waals surface area contributed by atoms with Crippen molar-refractivity contribution in [2.75, 3.05) is 18.9 Å². The van der Waals surface area contributed by atoms with Crippen LogP contribution in [0.3, 0.4) is 0 Å². The third-order valence-electron chi connectivity index (χ3n) is 2.81. The smallest absolute Gasteiger partial charge is 0.382 e. The molecule has 0 unspecified atom stereocenters. The van der Waals surface area contributed by atoms with Gasteiger partial charge in [0.25, 0.3) is 0 Å². The second-order valence-corrected chi connectivity index (χ2v) is 4.63. The van der Waals surface area contributed by atoms with E-state index >= 15 is 0 Å². The summed E-state index contributed by atoms with van der Waals surface area (Å²) in [5.41, 5.74) is -0.0331. The van der Waals surface area contributed by atoms with Crippen molar-refractivity contribution < 1.29 is 32.3 Å². The van der Waals surface area contributed by atoms with Crippen molar-refractivity contribution in [3.8, 4) is 0 Å². The molecule has 5 nitrogen and oxygen atoms in total. The SMILES string of the molecule is Cc1cccc(NC(=O)C(=O)N(C)C[C@H](O)C(F)(F)F)c1F. The van der Waals surface area contributed by atoms with Crippen LogP contribution in [0.25, 0.3) is 0 Å². The summed E-state index contributed by atoms with van der Waals surface area (Å²) in [7, 11) is 0.920. The number of carbonyl (C=O) groups is 2. The van der Waals surface area contributed by atoms with E-state index in [9.17, 15) is 27.2 Å². The second-order valence-electron chi connectivity index (χ2n) is 4.63. The molecule has 1 aromatic carbocycles. The van der Waals surface area contributed by atoms with Crippen LogP contribution >= 0.6 is 0 Å². The zero-order valence-corrected chi connectivity index (χ0v) is 11.7. The van der Waals surface area contributed by atoms with E-state index in [1.54, 1.807) is 0 Å². The summed E-state index contributed by atoms with van der Waals surface area (Å²) >= 11 is 0. The van der Waals surface area contributed by atoms with E-state index in [-0.39, 0.29) is 11.3 Å². The predicted molar refractivity (Wildman–Crippen MR) is 69.5 cm³/mol. The molecule has 1 rings (SSSR count).